The van der Waals surface area contributed by atoms with Gasteiger partial charge in [-0.1, -0.05) is 6.92 Å². The van der Waals surface area contributed by atoms with Crippen molar-refractivity contribution in [3.63, 3.8) is 0 Å². The number of benzene rings is 1. The van der Waals surface area contributed by atoms with E-state index in [1.54, 1.807) is 12.1 Å². The van der Waals surface area contributed by atoms with E-state index >= 15 is 0 Å². The lowest BCUT2D eigenvalue weighted by atomic mass is 10.2. The van der Waals surface area contributed by atoms with Gasteiger partial charge in [-0.3, -0.25) is 9.69 Å². The molecule has 1 atom stereocenters. The molecule has 1 fully saturated rings. The van der Waals surface area contributed by atoms with Crippen LogP contribution < -0.4 is 5.32 Å². The van der Waals surface area contributed by atoms with E-state index in [4.69, 9.17) is 0 Å². The van der Waals surface area contributed by atoms with Gasteiger partial charge in [0.05, 0.1) is 4.90 Å². The zero-order valence-corrected chi connectivity index (χ0v) is 14.8. The minimum absolute atomic E-state index is 0.165. The monoisotopic (exact) mass is 339 g/mol. The Bertz CT molecular complexity index is 641. The number of nitrogens with zero attached hydrogens (tertiary/aromatic N) is 2. The van der Waals surface area contributed by atoms with Crippen LogP contribution in [0.5, 0.6) is 0 Å². The van der Waals surface area contributed by atoms with Gasteiger partial charge in [-0.05, 0) is 50.2 Å². The summed E-state index contributed by atoms with van der Waals surface area (Å²) in [6.45, 7) is 4.85. The summed E-state index contributed by atoms with van der Waals surface area (Å²) in [4.78, 5) is 14.8. The molecule has 0 saturated carbocycles. The highest BCUT2D eigenvalue weighted by Crippen LogP contribution is 2.16. The molecular weight excluding hydrogens is 314 g/mol. The average molecular weight is 339 g/mol. The molecular formula is C16H25N3O3S. The molecule has 0 radical (unpaired) electrons. The van der Waals surface area contributed by atoms with Crippen molar-refractivity contribution in [2.75, 3.05) is 33.7 Å². The van der Waals surface area contributed by atoms with E-state index in [0.29, 0.717) is 18.2 Å². The van der Waals surface area contributed by atoms with Crippen molar-refractivity contribution in [2.45, 2.75) is 30.7 Å². The molecule has 23 heavy (non-hydrogen) atoms. The van der Waals surface area contributed by atoms with Crippen molar-refractivity contribution >= 4 is 15.9 Å². The van der Waals surface area contributed by atoms with Gasteiger partial charge < -0.3 is 5.32 Å². The van der Waals surface area contributed by atoms with Crippen molar-refractivity contribution in [1.29, 1.82) is 0 Å². The quantitative estimate of drug-likeness (QED) is 0.844. The lowest BCUT2D eigenvalue weighted by molar-refractivity contribution is 0.0941. The second-order valence-electron chi connectivity index (χ2n) is 5.95. The van der Waals surface area contributed by atoms with Crippen LogP contribution in [-0.2, 0) is 10.0 Å². The number of carbonyl (C=O) groups excluding carboxylic acids is 1. The second kappa shape index (κ2) is 7.42. The van der Waals surface area contributed by atoms with Gasteiger partial charge in [0, 0.05) is 32.2 Å². The third kappa shape index (κ3) is 4.10. The molecule has 1 aromatic carbocycles. The normalized spacial score (nSPS) is 19.2. The van der Waals surface area contributed by atoms with Crippen LogP contribution in [0.2, 0.25) is 0 Å². The maximum Gasteiger partial charge on any atom is 0.251 e. The zero-order chi connectivity index (χ0) is 17.0. The highest BCUT2D eigenvalue weighted by molar-refractivity contribution is 7.89. The van der Waals surface area contributed by atoms with Crippen molar-refractivity contribution in [3.05, 3.63) is 29.8 Å². The van der Waals surface area contributed by atoms with Crippen LogP contribution in [0.3, 0.4) is 0 Å². The molecule has 0 aliphatic carbocycles. The fourth-order valence-corrected chi connectivity index (χ4v) is 3.75. The van der Waals surface area contributed by atoms with Gasteiger partial charge in [-0.15, -0.1) is 0 Å². The number of likely N-dealkylation sites (N-methyl/N-ethyl adjacent to an activating group) is 1. The van der Waals surface area contributed by atoms with Gasteiger partial charge >= 0.3 is 0 Å². The van der Waals surface area contributed by atoms with Crippen molar-refractivity contribution in [2.24, 2.45) is 0 Å². The molecule has 7 heteroatoms. The van der Waals surface area contributed by atoms with Crippen molar-refractivity contribution in [1.82, 2.24) is 14.5 Å². The smallest absolute Gasteiger partial charge is 0.251 e. The average Bonchev–Trinajstić information content (AvgIpc) is 3.00. The standard InChI is InChI=1S/C16H25N3O3S/c1-4-19-11-5-6-14(19)12-17-16(20)13-7-9-15(10-8-13)23(21,22)18(2)3/h7-10,14H,4-6,11-12H2,1-3H3,(H,17,20). The van der Waals surface area contributed by atoms with Gasteiger partial charge in [0.1, 0.15) is 0 Å². The summed E-state index contributed by atoms with van der Waals surface area (Å²) in [5.74, 6) is -0.165. The topological polar surface area (TPSA) is 69.7 Å². The molecule has 1 unspecified atom stereocenters. The predicted octanol–water partition coefficient (Wildman–Crippen LogP) is 1.15. The molecule has 2 rings (SSSR count). The van der Waals surface area contributed by atoms with Crippen LogP contribution in [0.1, 0.15) is 30.1 Å². The van der Waals surface area contributed by atoms with Crippen molar-refractivity contribution < 1.29 is 13.2 Å². The molecule has 0 spiro atoms. The van der Waals surface area contributed by atoms with Crippen LogP contribution in [0.25, 0.3) is 0 Å². The number of carbonyl (C=O) groups is 1. The van der Waals surface area contributed by atoms with E-state index in [1.807, 2.05) is 0 Å². The van der Waals surface area contributed by atoms with Crippen LogP contribution in [0.15, 0.2) is 29.2 Å². The van der Waals surface area contributed by atoms with E-state index in [1.165, 1.54) is 32.6 Å². The number of hydrogen-bond donors (Lipinski definition) is 1. The van der Waals surface area contributed by atoms with Gasteiger partial charge in [0.2, 0.25) is 10.0 Å². The van der Waals surface area contributed by atoms with Crippen molar-refractivity contribution in [3.8, 4) is 0 Å². The first-order valence-electron chi connectivity index (χ1n) is 7.91. The highest BCUT2D eigenvalue weighted by atomic mass is 32.2. The number of sulfonamides is 1. The third-order valence-corrected chi connectivity index (χ3v) is 6.13. The van der Waals surface area contributed by atoms with E-state index in [0.717, 1.165) is 23.8 Å². The first-order valence-corrected chi connectivity index (χ1v) is 9.35. The van der Waals surface area contributed by atoms with Gasteiger partial charge in [0.25, 0.3) is 5.91 Å². The van der Waals surface area contributed by atoms with Crippen LogP contribution in [0.4, 0.5) is 0 Å². The van der Waals surface area contributed by atoms with Crippen LogP contribution in [0, 0.1) is 0 Å². The van der Waals surface area contributed by atoms with E-state index in [-0.39, 0.29) is 10.8 Å². The molecule has 1 aliphatic heterocycles. The molecule has 6 nitrogen and oxygen atoms in total. The van der Waals surface area contributed by atoms with Crippen LogP contribution >= 0.6 is 0 Å². The molecule has 1 amide bonds. The molecule has 128 valence electrons. The van der Waals surface area contributed by atoms with Gasteiger partial charge in [-0.2, -0.15) is 0 Å². The Morgan fingerprint density at radius 1 is 1.30 bits per heavy atom. The minimum atomic E-state index is -3.46. The Labute approximate surface area is 138 Å². The lowest BCUT2D eigenvalue weighted by Crippen LogP contribution is -2.40. The fraction of sp³-hybridized carbons (Fsp3) is 0.562. The highest BCUT2D eigenvalue weighted by Gasteiger charge is 2.23. The molecule has 1 N–H and O–H groups in total. The summed E-state index contributed by atoms with van der Waals surface area (Å²) >= 11 is 0. The van der Waals surface area contributed by atoms with E-state index in [2.05, 4.69) is 17.1 Å². The zero-order valence-electron chi connectivity index (χ0n) is 13.9. The first kappa shape index (κ1) is 17.9. The Morgan fingerprint density at radius 3 is 2.52 bits per heavy atom. The number of rotatable bonds is 6. The second-order valence-corrected chi connectivity index (χ2v) is 8.10. The van der Waals surface area contributed by atoms with Gasteiger partial charge in [-0.25, -0.2) is 12.7 Å². The maximum atomic E-state index is 12.2. The predicted molar refractivity (Wildman–Crippen MR) is 89.9 cm³/mol. The van der Waals surface area contributed by atoms with Gasteiger partial charge in [0.15, 0.2) is 0 Å². The molecule has 1 aliphatic rings. The fourth-order valence-electron chi connectivity index (χ4n) is 2.84. The van der Waals surface area contributed by atoms with E-state index in [9.17, 15) is 13.2 Å². The SMILES string of the molecule is CCN1CCCC1CNC(=O)c1ccc(S(=O)(=O)N(C)C)cc1. The molecule has 0 bridgehead atoms. The summed E-state index contributed by atoms with van der Waals surface area (Å²) in [6.07, 6.45) is 2.28. The Hall–Kier alpha value is -1.44. The molecule has 1 saturated heterocycles. The summed E-state index contributed by atoms with van der Waals surface area (Å²) in [5.41, 5.74) is 0.476. The Morgan fingerprint density at radius 2 is 1.96 bits per heavy atom. The maximum absolute atomic E-state index is 12.2. The summed E-state index contributed by atoms with van der Waals surface area (Å²) in [6, 6.07) is 6.45. The molecule has 1 heterocycles. The largest absolute Gasteiger partial charge is 0.350 e. The lowest BCUT2D eigenvalue weighted by Gasteiger charge is -2.22. The minimum Gasteiger partial charge on any atom is -0.350 e. The number of amides is 1. The Kier molecular flexibility index (Phi) is 5.78. The first-order chi connectivity index (χ1) is 10.9. The summed E-state index contributed by atoms with van der Waals surface area (Å²) < 4.78 is 25.2. The number of hydrogen-bond acceptors (Lipinski definition) is 4. The molecule has 1 aromatic rings. The summed E-state index contributed by atoms with van der Waals surface area (Å²) in [5, 5.41) is 2.95. The number of likely N-dealkylation sites (tertiary alicyclic amines) is 1. The Balaban J connectivity index is 1.98. The third-order valence-electron chi connectivity index (χ3n) is 4.30. The van der Waals surface area contributed by atoms with E-state index < -0.39 is 10.0 Å². The molecule has 0 aromatic heterocycles. The number of nitrogens with one attached hydrogen (secondary N) is 1. The summed E-state index contributed by atoms with van der Waals surface area (Å²) in [7, 11) is -0.494. The van der Waals surface area contributed by atoms with Crippen LogP contribution in [-0.4, -0.2) is 63.3 Å².